The predicted octanol–water partition coefficient (Wildman–Crippen LogP) is 2.96. The van der Waals surface area contributed by atoms with E-state index in [-0.39, 0.29) is 22.5 Å². The maximum absolute atomic E-state index is 12.5. The zero-order valence-electron chi connectivity index (χ0n) is 14.5. The van der Waals surface area contributed by atoms with Crippen LogP contribution in [0.25, 0.3) is 0 Å². The molecule has 0 unspecified atom stereocenters. The lowest BCUT2D eigenvalue weighted by Gasteiger charge is -2.11. The molecule has 1 amide bonds. The molecule has 1 fully saturated rings. The minimum Gasteiger partial charge on any atom is -0.490 e. The van der Waals surface area contributed by atoms with Crippen molar-refractivity contribution in [3.05, 3.63) is 42.5 Å². The van der Waals surface area contributed by atoms with Crippen LogP contribution in [0.5, 0.6) is 17.2 Å². The molecule has 1 aliphatic carbocycles. The number of ether oxygens (including phenoxy) is 2. The van der Waals surface area contributed by atoms with Gasteiger partial charge < -0.3 is 19.0 Å². The van der Waals surface area contributed by atoms with Crippen LogP contribution in [0.15, 0.2) is 47.4 Å². The first-order valence-corrected chi connectivity index (χ1v) is 10.2. The lowest BCUT2D eigenvalue weighted by atomic mass is 10.3. The molecule has 0 radical (unpaired) electrons. The Hall–Kier alpha value is -2.74. The van der Waals surface area contributed by atoms with Gasteiger partial charge in [0.15, 0.2) is 11.5 Å². The standard InChI is InChI=1S/C19H19NO6S/c21-19(13-2-3-13)20-14-4-6-15(7-5-14)26-27(22,23)16-8-9-17-18(12-16)25-11-1-10-24-17/h4-9,12-13H,1-3,10-11H2,(H,20,21). The molecule has 0 bridgehead atoms. The van der Waals surface area contributed by atoms with Gasteiger partial charge in [-0.25, -0.2) is 0 Å². The Balaban J connectivity index is 1.47. The highest BCUT2D eigenvalue weighted by atomic mass is 32.2. The third kappa shape index (κ3) is 4.16. The average molecular weight is 389 g/mol. The molecule has 2 aromatic rings. The molecular formula is C19H19NO6S. The second-order valence-electron chi connectivity index (χ2n) is 6.48. The Kier molecular flexibility index (Phi) is 4.65. The molecule has 1 aliphatic heterocycles. The quantitative estimate of drug-likeness (QED) is 0.791. The van der Waals surface area contributed by atoms with Crippen LogP contribution in [0.3, 0.4) is 0 Å². The fourth-order valence-corrected chi connectivity index (χ4v) is 3.60. The number of rotatable bonds is 5. The molecule has 0 saturated heterocycles. The zero-order chi connectivity index (χ0) is 18.9. The van der Waals surface area contributed by atoms with Gasteiger partial charge in [-0.1, -0.05) is 0 Å². The van der Waals surface area contributed by atoms with E-state index in [0.29, 0.717) is 30.4 Å². The van der Waals surface area contributed by atoms with Gasteiger partial charge >= 0.3 is 10.1 Å². The molecule has 4 rings (SSSR count). The summed E-state index contributed by atoms with van der Waals surface area (Å²) >= 11 is 0. The predicted molar refractivity (Wildman–Crippen MR) is 97.7 cm³/mol. The van der Waals surface area contributed by atoms with Crippen molar-refractivity contribution in [2.75, 3.05) is 18.5 Å². The van der Waals surface area contributed by atoms with Gasteiger partial charge in [0.2, 0.25) is 5.91 Å². The van der Waals surface area contributed by atoms with Crippen LogP contribution < -0.4 is 19.0 Å². The smallest absolute Gasteiger partial charge is 0.339 e. The van der Waals surface area contributed by atoms with Crippen LogP contribution in [-0.2, 0) is 14.9 Å². The molecule has 0 atom stereocenters. The van der Waals surface area contributed by atoms with Gasteiger partial charge in [-0.2, -0.15) is 8.42 Å². The maximum Gasteiger partial charge on any atom is 0.339 e. The van der Waals surface area contributed by atoms with Crippen LogP contribution >= 0.6 is 0 Å². The van der Waals surface area contributed by atoms with E-state index < -0.39 is 10.1 Å². The Morgan fingerprint density at radius 1 is 1.00 bits per heavy atom. The van der Waals surface area contributed by atoms with Gasteiger partial charge in [0.25, 0.3) is 0 Å². The maximum atomic E-state index is 12.5. The summed E-state index contributed by atoms with van der Waals surface area (Å²) < 4.78 is 41.3. The number of benzene rings is 2. The van der Waals surface area contributed by atoms with E-state index in [1.54, 1.807) is 18.2 Å². The van der Waals surface area contributed by atoms with Crippen molar-refractivity contribution < 1.29 is 26.9 Å². The number of nitrogens with one attached hydrogen (secondary N) is 1. The number of hydrogen-bond acceptors (Lipinski definition) is 6. The molecule has 1 saturated carbocycles. The summed E-state index contributed by atoms with van der Waals surface area (Å²) in [5, 5.41) is 2.79. The lowest BCUT2D eigenvalue weighted by Crippen LogP contribution is -2.13. The van der Waals surface area contributed by atoms with Crippen LogP contribution in [0.4, 0.5) is 5.69 Å². The fourth-order valence-electron chi connectivity index (χ4n) is 2.66. The Bertz CT molecular complexity index is 951. The van der Waals surface area contributed by atoms with E-state index in [1.807, 2.05) is 0 Å². The first kappa shape index (κ1) is 17.7. The zero-order valence-corrected chi connectivity index (χ0v) is 15.3. The van der Waals surface area contributed by atoms with Crippen molar-refractivity contribution in [3.8, 4) is 17.2 Å². The second-order valence-corrected chi connectivity index (χ2v) is 8.03. The monoisotopic (exact) mass is 389 g/mol. The summed E-state index contributed by atoms with van der Waals surface area (Å²) in [6.07, 6.45) is 2.57. The Morgan fingerprint density at radius 2 is 1.70 bits per heavy atom. The third-order valence-corrected chi connectivity index (χ3v) is 5.53. The van der Waals surface area contributed by atoms with Crippen molar-refractivity contribution in [2.24, 2.45) is 5.92 Å². The summed E-state index contributed by atoms with van der Waals surface area (Å²) in [6.45, 7) is 0.991. The SMILES string of the molecule is O=C(Nc1ccc(OS(=O)(=O)c2ccc3c(c2)OCCCO3)cc1)C1CC1. The van der Waals surface area contributed by atoms with Crippen LogP contribution in [0.2, 0.25) is 0 Å². The highest BCUT2D eigenvalue weighted by Gasteiger charge is 2.29. The molecule has 0 aromatic heterocycles. The van der Waals surface area contributed by atoms with E-state index in [9.17, 15) is 13.2 Å². The molecule has 7 nitrogen and oxygen atoms in total. The number of carbonyl (C=O) groups is 1. The second kappa shape index (κ2) is 7.11. The Labute approximate surface area is 157 Å². The summed E-state index contributed by atoms with van der Waals surface area (Å²) in [6, 6.07) is 10.6. The first-order chi connectivity index (χ1) is 13.0. The highest BCUT2D eigenvalue weighted by Crippen LogP contribution is 2.33. The number of anilines is 1. The summed E-state index contributed by atoms with van der Waals surface area (Å²) in [4.78, 5) is 11.7. The van der Waals surface area contributed by atoms with Gasteiger partial charge in [0, 0.05) is 24.1 Å². The number of fused-ring (bicyclic) bond motifs is 1. The molecule has 2 aromatic carbocycles. The fraction of sp³-hybridized carbons (Fsp3) is 0.316. The first-order valence-electron chi connectivity index (χ1n) is 8.76. The molecular weight excluding hydrogens is 370 g/mol. The van der Waals surface area contributed by atoms with Gasteiger partial charge in [-0.05, 0) is 49.2 Å². The largest absolute Gasteiger partial charge is 0.490 e. The number of hydrogen-bond donors (Lipinski definition) is 1. The minimum absolute atomic E-state index is 0.0107. The van der Waals surface area contributed by atoms with Gasteiger partial charge in [-0.15, -0.1) is 0 Å². The van der Waals surface area contributed by atoms with Crippen molar-refractivity contribution in [2.45, 2.75) is 24.2 Å². The van der Waals surface area contributed by atoms with Crippen molar-refractivity contribution >= 4 is 21.7 Å². The van der Waals surface area contributed by atoms with Gasteiger partial charge in [0.1, 0.15) is 10.6 Å². The summed E-state index contributed by atoms with van der Waals surface area (Å²) in [5.74, 6) is 1.15. The lowest BCUT2D eigenvalue weighted by molar-refractivity contribution is -0.117. The van der Waals surface area contributed by atoms with E-state index in [1.165, 1.54) is 24.3 Å². The normalized spacial score (nSPS) is 16.3. The Morgan fingerprint density at radius 3 is 2.41 bits per heavy atom. The van der Waals surface area contributed by atoms with Gasteiger partial charge in [0.05, 0.1) is 13.2 Å². The average Bonchev–Trinajstić information content (AvgIpc) is 3.49. The van der Waals surface area contributed by atoms with E-state index in [2.05, 4.69) is 5.32 Å². The molecule has 8 heteroatoms. The third-order valence-electron chi connectivity index (χ3n) is 4.28. The van der Waals surface area contributed by atoms with Gasteiger partial charge in [-0.3, -0.25) is 4.79 Å². The number of carbonyl (C=O) groups excluding carboxylic acids is 1. The summed E-state index contributed by atoms with van der Waals surface area (Å²) in [7, 11) is -4.02. The number of amides is 1. The van der Waals surface area contributed by atoms with Crippen molar-refractivity contribution in [3.63, 3.8) is 0 Å². The molecule has 27 heavy (non-hydrogen) atoms. The molecule has 1 heterocycles. The molecule has 0 spiro atoms. The topological polar surface area (TPSA) is 90.9 Å². The highest BCUT2D eigenvalue weighted by molar-refractivity contribution is 7.87. The van der Waals surface area contributed by atoms with E-state index >= 15 is 0 Å². The van der Waals surface area contributed by atoms with Crippen LogP contribution in [0, 0.1) is 5.92 Å². The molecule has 2 aliphatic rings. The van der Waals surface area contributed by atoms with E-state index in [4.69, 9.17) is 13.7 Å². The van der Waals surface area contributed by atoms with Crippen molar-refractivity contribution in [1.82, 2.24) is 0 Å². The van der Waals surface area contributed by atoms with Crippen LogP contribution in [-0.4, -0.2) is 27.5 Å². The van der Waals surface area contributed by atoms with E-state index in [0.717, 1.165) is 19.3 Å². The molecule has 1 N–H and O–H groups in total. The minimum atomic E-state index is -4.02. The molecule has 142 valence electrons. The van der Waals surface area contributed by atoms with Crippen LogP contribution in [0.1, 0.15) is 19.3 Å². The van der Waals surface area contributed by atoms with Crippen molar-refractivity contribution in [1.29, 1.82) is 0 Å². The summed E-state index contributed by atoms with van der Waals surface area (Å²) in [5.41, 5.74) is 0.604.